The van der Waals surface area contributed by atoms with Crippen LogP contribution in [0.15, 0.2) is 9.27 Å². The quantitative estimate of drug-likeness (QED) is 0.526. The van der Waals surface area contributed by atoms with E-state index >= 15 is 0 Å². The molecule has 0 saturated heterocycles. The van der Waals surface area contributed by atoms with E-state index in [0.29, 0.717) is 9.90 Å². The molecule has 4 nitrogen and oxygen atoms in total. The van der Waals surface area contributed by atoms with Crippen LogP contribution in [0.1, 0.15) is 6.92 Å². The van der Waals surface area contributed by atoms with Gasteiger partial charge in [-0.3, -0.25) is 0 Å². The van der Waals surface area contributed by atoms with Crippen LogP contribution < -0.4 is 14.0 Å². The van der Waals surface area contributed by atoms with Crippen LogP contribution in [0, 0.1) is 10.2 Å². The van der Waals surface area contributed by atoms with E-state index in [1.165, 1.54) is 11.8 Å². The highest BCUT2D eigenvalue weighted by molar-refractivity contribution is 8.85. The summed E-state index contributed by atoms with van der Waals surface area (Å²) in [4.78, 5) is 0.577. The first-order valence-electron chi connectivity index (χ1n) is 3.16. The van der Waals surface area contributed by atoms with Crippen molar-refractivity contribution < 1.29 is 28.0 Å². The van der Waals surface area contributed by atoms with Crippen molar-refractivity contribution in [2.75, 3.05) is 6.26 Å². The van der Waals surface area contributed by atoms with Gasteiger partial charge in [0.15, 0.2) is 9.80 Å². The van der Waals surface area contributed by atoms with Crippen LogP contribution in [0.4, 0.5) is 0 Å². The Hall–Kier alpha value is 1.08. The Labute approximate surface area is 98.9 Å². The first kappa shape index (κ1) is 13.1. The third-order valence-electron chi connectivity index (χ3n) is 1.21. The highest BCUT2D eigenvalue weighted by atomic mass is 35.7. The van der Waals surface area contributed by atoms with E-state index in [1.54, 1.807) is 6.92 Å². The normalized spacial score (nSPS) is 23.6. The SMILES string of the molecule is CSC1=C(Cl)C(C)=S(O[Cl+3]([O-])([O-])[O-])S1. The number of rotatable bonds is 3. The molecular weight excluding hydrogens is 291 g/mol. The zero-order chi connectivity index (χ0) is 10.9. The minimum absolute atomic E-state index is 0.477. The molecule has 0 aromatic heterocycles. The third kappa shape index (κ3) is 3.29. The van der Waals surface area contributed by atoms with Crippen LogP contribution in [0.25, 0.3) is 0 Å². The molecule has 1 rings (SSSR count). The lowest BCUT2D eigenvalue weighted by molar-refractivity contribution is -1.91. The summed E-state index contributed by atoms with van der Waals surface area (Å²) in [5, 5.41) is 0.477. The molecule has 1 unspecified atom stereocenters. The fraction of sp³-hybridized carbons (Fsp3) is 0.400. The summed E-state index contributed by atoms with van der Waals surface area (Å²) in [5.41, 5.74) is 0. The molecule has 0 fully saturated rings. The highest BCUT2D eigenvalue weighted by Crippen LogP contribution is 2.53. The van der Waals surface area contributed by atoms with E-state index in [2.05, 4.69) is 3.74 Å². The topological polar surface area (TPSA) is 78.4 Å². The Bertz CT molecular complexity index is 309. The molecular formula is C5H6Cl2O4S3. The monoisotopic (exact) mass is 296 g/mol. The lowest BCUT2D eigenvalue weighted by atomic mass is 10.5. The Balaban J connectivity index is 2.79. The number of thioether (sulfide) groups is 1. The zero-order valence-electron chi connectivity index (χ0n) is 7.11. The fourth-order valence-electron chi connectivity index (χ4n) is 0.639. The number of hydrogen-bond acceptors (Lipinski definition) is 6. The van der Waals surface area contributed by atoms with Crippen LogP contribution in [-0.2, 0) is 3.74 Å². The maximum Gasteiger partial charge on any atom is 0.177 e. The molecule has 0 amide bonds. The molecule has 1 aliphatic rings. The second-order valence-corrected chi connectivity index (χ2v) is 7.90. The standard InChI is InChI=1S/C5H6Cl2O4S3/c1-3-4(6)5(12-2)13-14(3)11-7(8,9)10/h1-2H3. The summed E-state index contributed by atoms with van der Waals surface area (Å²) in [6.07, 6.45) is 1.81. The van der Waals surface area contributed by atoms with Gasteiger partial charge in [0.2, 0.25) is 0 Å². The molecule has 0 spiro atoms. The minimum Gasteiger partial charge on any atom is -0.182 e. The van der Waals surface area contributed by atoms with Crippen molar-refractivity contribution in [3.8, 4) is 0 Å². The number of halogens is 2. The molecule has 0 aromatic carbocycles. The summed E-state index contributed by atoms with van der Waals surface area (Å²) in [5.74, 6) is 0. The maximum atomic E-state index is 10.3. The van der Waals surface area contributed by atoms with E-state index in [-0.39, 0.29) is 0 Å². The molecule has 82 valence electrons. The van der Waals surface area contributed by atoms with Crippen molar-refractivity contribution >= 4 is 48.8 Å². The summed E-state index contributed by atoms with van der Waals surface area (Å²) in [6, 6.07) is 0. The predicted molar refractivity (Wildman–Crippen MR) is 53.3 cm³/mol. The highest BCUT2D eigenvalue weighted by Gasteiger charge is 2.32. The summed E-state index contributed by atoms with van der Waals surface area (Å²) in [6.45, 7) is 1.64. The van der Waals surface area contributed by atoms with Gasteiger partial charge < -0.3 is 0 Å². The number of hydrogen-bond donors (Lipinski definition) is 0. The smallest absolute Gasteiger partial charge is 0.177 e. The van der Waals surface area contributed by atoms with E-state index in [0.717, 1.165) is 15.0 Å². The Morgan fingerprint density at radius 3 is 2.43 bits per heavy atom. The van der Waals surface area contributed by atoms with Gasteiger partial charge in [-0.05, 0) is 24.0 Å². The van der Waals surface area contributed by atoms with Crippen LogP contribution >= 0.6 is 44.0 Å². The van der Waals surface area contributed by atoms with Gasteiger partial charge in [-0.1, -0.05) is 11.6 Å². The molecule has 14 heavy (non-hydrogen) atoms. The molecule has 0 aromatic rings. The molecule has 0 aliphatic carbocycles. The Kier molecular flexibility index (Phi) is 4.64. The summed E-state index contributed by atoms with van der Waals surface area (Å²) >= 11 is 7.27. The van der Waals surface area contributed by atoms with Gasteiger partial charge in [-0.2, -0.15) is 14.0 Å². The summed E-state index contributed by atoms with van der Waals surface area (Å²) < 4.78 is 36.1. The Morgan fingerprint density at radius 1 is 1.50 bits per heavy atom. The molecule has 9 heteroatoms. The van der Waals surface area contributed by atoms with E-state index in [9.17, 15) is 14.0 Å². The average molecular weight is 297 g/mol. The van der Waals surface area contributed by atoms with Crippen LogP contribution in [-0.4, -0.2) is 11.1 Å². The maximum absolute atomic E-state index is 10.3. The first-order chi connectivity index (χ1) is 6.35. The molecule has 0 radical (unpaired) electrons. The van der Waals surface area contributed by atoms with Crippen molar-refractivity contribution in [3.63, 3.8) is 0 Å². The van der Waals surface area contributed by atoms with E-state index < -0.39 is 20.0 Å². The molecule has 1 atom stereocenters. The lowest BCUT2D eigenvalue weighted by Crippen LogP contribution is -2.60. The van der Waals surface area contributed by atoms with Crippen molar-refractivity contribution in [2.45, 2.75) is 6.92 Å². The second kappa shape index (κ2) is 4.94. The molecule has 1 aliphatic heterocycles. The van der Waals surface area contributed by atoms with Gasteiger partial charge >= 0.3 is 0 Å². The molecule has 0 N–H and O–H groups in total. The van der Waals surface area contributed by atoms with Gasteiger partial charge in [0.25, 0.3) is 0 Å². The minimum atomic E-state index is -4.40. The van der Waals surface area contributed by atoms with Gasteiger partial charge in [0.1, 0.15) is 3.74 Å². The van der Waals surface area contributed by atoms with Crippen LogP contribution in [0.2, 0.25) is 0 Å². The molecule has 0 saturated carbocycles. The van der Waals surface area contributed by atoms with E-state index in [4.69, 9.17) is 11.6 Å². The van der Waals surface area contributed by atoms with Gasteiger partial charge in [-0.15, -0.1) is 11.8 Å². The van der Waals surface area contributed by atoms with Crippen molar-refractivity contribution in [3.05, 3.63) is 9.27 Å². The molecule has 1 heterocycles. The molecule has 0 bridgehead atoms. The van der Waals surface area contributed by atoms with Crippen molar-refractivity contribution in [1.82, 2.24) is 0 Å². The number of allylic oxidation sites excluding steroid dienone is 1. The Morgan fingerprint density at radius 2 is 2.07 bits per heavy atom. The van der Waals surface area contributed by atoms with Crippen LogP contribution in [0.3, 0.4) is 0 Å². The van der Waals surface area contributed by atoms with Gasteiger partial charge in [0.05, 0.1) is 19.5 Å². The van der Waals surface area contributed by atoms with Crippen molar-refractivity contribution in [1.29, 1.82) is 0 Å². The first-order valence-corrected chi connectivity index (χ1v) is 8.48. The summed E-state index contributed by atoms with van der Waals surface area (Å²) in [7, 11) is -4.36. The average Bonchev–Trinajstić information content (AvgIpc) is 2.30. The van der Waals surface area contributed by atoms with E-state index in [1.807, 2.05) is 6.26 Å². The third-order valence-corrected chi connectivity index (χ3v) is 8.11. The van der Waals surface area contributed by atoms with Gasteiger partial charge in [-0.25, -0.2) is 0 Å². The van der Waals surface area contributed by atoms with Gasteiger partial charge in [0, 0.05) is 4.86 Å². The van der Waals surface area contributed by atoms with Crippen LogP contribution in [0.5, 0.6) is 0 Å². The second-order valence-electron chi connectivity index (χ2n) is 2.12. The predicted octanol–water partition coefficient (Wildman–Crippen LogP) is -0.291. The largest absolute Gasteiger partial charge is 0.182 e. The zero-order valence-corrected chi connectivity index (χ0v) is 11.1. The lowest BCUT2D eigenvalue weighted by Gasteiger charge is -2.12. The van der Waals surface area contributed by atoms with Crippen molar-refractivity contribution in [2.24, 2.45) is 0 Å². The fourth-order valence-corrected chi connectivity index (χ4v) is 7.24.